The molecule has 1 rings (SSSR count). The number of anilines is 1. The first kappa shape index (κ1) is 12.1. The number of aromatic nitrogens is 1. The van der Waals surface area contributed by atoms with Crippen LogP contribution in [-0.2, 0) is 4.79 Å². The first-order chi connectivity index (χ1) is 6.87. The molecule has 0 radical (unpaired) electrons. The summed E-state index contributed by atoms with van der Waals surface area (Å²) < 4.78 is 0.875. The van der Waals surface area contributed by atoms with Gasteiger partial charge in [0.05, 0.1) is 0 Å². The van der Waals surface area contributed by atoms with Gasteiger partial charge in [0, 0.05) is 22.6 Å². The molecule has 15 heavy (non-hydrogen) atoms. The summed E-state index contributed by atoms with van der Waals surface area (Å²) in [6.07, 6.45) is 1.90. The monoisotopic (exact) mass is 271 g/mol. The third-order valence-corrected chi connectivity index (χ3v) is 2.08. The third-order valence-electron chi connectivity index (χ3n) is 1.61. The quantitative estimate of drug-likeness (QED) is 0.883. The Morgan fingerprint density at radius 3 is 2.73 bits per heavy atom. The lowest BCUT2D eigenvalue weighted by Gasteiger charge is -2.17. The second-order valence-electron chi connectivity index (χ2n) is 4.08. The Labute approximate surface area is 97.4 Å². The van der Waals surface area contributed by atoms with E-state index in [9.17, 15) is 4.79 Å². The minimum Gasteiger partial charge on any atom is -0.325 e. The maximum absolute atomic E-state index is 11.5. The minimum absolute atomic E-state index is 0.127. The molecule has 1 aromatic heterocycles. The molecule has 3 N–H and O–H groups in total. The van der Waals surface area contributed by atoms with Crippen LogP contribution in [0.15, 0.2) is 22.8 Å². The predicted molar refractivity (Wildman–Crippen MR) is 63.5 cm³/mol. The van der Waals surface area contributed by atoms with Crippen molar-refractivity contribution in [3.8, 4) is 0 Å². The minimum atomic E-state index is -0.501. The van der Waals surface area contributed by atoms with Crippen LogP contribution in [-0.4, -0.2) is 16.4 Å². The Bertz CT molecular complexity index is 343. The van der Waals surface area contributed by atoms with E-state index in [2.05, 4.69) is 26.2 Å². The number of nitrogens with one attached hydrogen (secondary N) is 1. The van der Waals surface area contributed by atoms with E-state index in [1.54, 1.807) is 12.3 Å². The first-order valence-electron chi connectivity index (χ1n) is 4.57. The van der Waals surface area contributed by atoms with E-state index < -0.39 is 5.54 Å². The van der Waals surface area contributed by atoms with Gasteiger partial charge < -0.3 is 11.1 Å². The lowest BCUT2D eigenvalue weighted by atomic mass is 10.0. The Morgan fingerprint density at radius 2 is 2.27 bits per heavy atom. The van der Waals surface area contributed by atoms with Gasteiger partial charge in [-0.1, -0.05) is 0 Å². The Morgan fingerprint density at radius 1 is 1.60 bits per heavy atom. The van der Waals surface area contributed by atoms with E-state index in [1.807, 2.05) is 19.9 Å². The van der Waals surface area contributed by atoms with Gasteiger partial charge >= 0.3 is 0 Å². The highest BCUT2D eigenvalue weighted by molar-refractivity contribution is 9.10. The van der Waals surface area contributed by atoms with Crippen molar-refractivity contribution >= 4 is 27.7 Å². The van der Waals surface area contributed by atoms with E-state index >= 15 is 0 Å². The zero-order valence-corrected chi connectivity index (χ0v) is 10.3. The second-order valence-corrected chi connectivity index (χ2v) is 4.99. The van der Waals surface area contributed by atoms with Crippen LogP contribution in [0.25, 0.3) is 0 Å². The van der Waals surface area contributed by atoms with Gasteiger partial charge in [-0.2, -0.15) is 0 Å². The molecule has 0 aliphatic rings. The molecule has 0 bridgehead atoms. The summed E-state index contributed by atoms with van der Waals surface area (Å²) in [7, 11) is 0. The molecular weight excluding hydrogens is 258 g/mol. The molecule has 1 heterocycles. The molecule has 0 fully saturated rings. The van der Waals surface area contributed by atoms with Gasteiger partial charge in [0.1, 0.15) is 5.82 Å². The zero-order valence-electron chi connectivity index (χ0n) is 8.75. The first-order valence-corrected chi connectivity index (χ1v) is 5.36. The molecule has 0 aromatic carbocycles. The number of pyridine rings is 1. The molecular formula is C10H14BrN3O. The topological polar surface area (TPSA) is 68.0 Å². The Kier molecular flexibility index (Phi) is 3.82. The average Bonchev–Trinajstić information content (AvgIpc) is 2.05. The summed E-state index contributed by atoms with van der Waals surface area (Å²) in [4.78, 5) is 15.5. The van der Waals surface area contributed by atoms with Crippen LogP contribution in [0.2, 0.25) is 0 Å². The fourth-order valence-corrected chi connectivity index (χ4v) is 1.29. The highest BCUT2D eigenvalue weighted by atomic mass is 79.9. The van der Waals surface area contributed by atoms with Crippen molar-refractivity contribution in [1.82, 2.24) is 4.98 Å². The Balaban J connectivity index is 2.55. The van der Waals surface area contributed by atoms with Gasteiger partial charge in [-0.3, -0.25) is 4.79 Å². The van der Waals surface area contributed by atoms with Gasteiger partial charge in [-0.15, -0.1) is 0 Å². The third kappa shape index (κ3) is 4.90. The summed E-state index contributed by atoms with van der Waals surface area (Å²) in [5.74, 6) is 0.407. The summed E-state index contributed by atoms with van der Waals surface area (Å²) in [5.41, 5.74) is 5.22. The lowest BCUT2D eigenvalue weighted by Crippen LogP contribution is -2.36. The summed E-state index contributed by atoms with van der Waals surface area (Å²) in [5, 5.41) is 2.67. The predicted octanol–water partition coefficient (Wildman–Crippen LogP) is 1.91. The van der Waals surface area contributed by atoms with Crippen molar-refractivity contribution in [2.24, 2.45) is 5.73 Å². The number of amides is 1. The SMILES string of the molecule is CC(C)(N)CC(=O)Nc1ccc(Br)cn1. The van der Waals surface area contributed by atoms with E-state index in [0.29, 0.717) is 5.82 Å². The molecule has 1 amide bonds. The fourth-order valence-electron chi connectivity index (χ4n) is 1.05. The maximum Gasteiger partial charge on any atom is 0.227 e. The van der Waals surface area contributed by atoms with Gasteiger partial charge in [0.2, 0.25) is 5.91 Å². The number of rotatable bonds is 3. The van der Waals surface area contributed by atoms with Gasteiger partial charge in [0.25, 0.3) is 0 Å². The molecule has 4 nitrogen and oxygen atoms in total. The molecule has 0 atom stereocenters. The fraction of sp³-hybridized carbons (Fsp3) is 0.400. The van der Waals surface area contributed by atoms with Crippen molar-refractivity contribution in [2.45, 2.75) is 25.8 Å². The number of carbonyl (C=O) groups excluding carboxylic acids is 1. The van der Waals surface area contributed by atoms with E-state index in [0.717, 1.165) is 4.47 Å². The van der Waals surface area contributed by atoms with Gasteiger partial charge in [-0.25, -0.2) is 4.98 Å². The van der Waals surface area contributed by atoms with Crippen LogP contribution in [0.1, 0.15) is 20.3 Å². The molecule has 0 aliphatic carbocycles. The molecule has 0 spiro atoms. The van der Waals surface area contributed by atoms with Crippen molar-refractivity contribution < 1.29 is 4.79 Å². The maximum atomic E-state index is 11.5. The molecule has 1 aromatic rings. The number of hydrogen-bond donors (Lipinski definition) is 2. The number of carbonyl (C=O) groups is 1. The normalized spacial score (nSPS) is 11.2. The van der Waals surface area contributed by atoms with Crippen LogP contribution in [0, 0.1) is 0 Å². The van der Waals surface area contributed by atoms with Crippen molar-refractivity contribution in [2.75, 3.05) is 5.32 Å². The summed E-state index contributed by atoms with van der Waals surface area (Å²) >= 11 is 3.27. The number of nitrogens with zero attached hydrogens (tertiary/aromatic N) is 1. The van der Waals surface area contributed by atoms with Crippen LogP contribution >= 0.6 is 15.9 Å². The molecule has 0 saturated carbocycles. The largest absolute Gasteiger partial charge is 0.325 e. The van der Waals surface area contributed by atoms with Crippen LogP contribution in [0.5, 0.6) is 0 Å². The van der Waals surface area contributed by atoms with Crippen LogP contribution in [0.4, 0.5) is 5.82 Å². The van der Waals surface area contributed by atoms with Crippen molar-refractivity contribution in [1.29, 1.82) is 0 Å². The van der Waals surface area contributed by atoms with E-state index in [-0.39, 0.29) is 12.3 Å². The van der Waals surface area contributed by atoms with Gasteiger partial charge in [0.15, 0.2) is 0 Å². The number of nitrogens with two attached hydrogens (primary N) is 1. The van der Waals surface area contributed by atoms with Gasteiger partial charge in [-0.05, 0) is 41.9 Å². The van der Waals surface area contributed by atoms with E-state index in [4.69, 9.17) is 5.73 Å². The molecule has 0 aliphatic heterocycles. The summed E-state index contributed by atoms with van der Waals surface area (Å²) in [6, 6.07) is 3.54. The average molecular weight is 272 g/mol. The number of hydrogen-bond acceptors (Lipinski definition) is 3. The summed E-state index contributed by atoms with van der Waals surface area (Å²) in [6.45, 7) is 3.61. The second kappa shape index (κ2) is 4.72. The smallest absolute Gasteiger partial charge is 0.227 e. The highest BCUT2D eigenvalue weighted by Gasteiger charge is 2.16. The molecule has 0 unspecified atom stereocenters. The van der Waals surface area contributed by atoms with Crippen molar-refractivity contribution in [3.05, 3.63) is 22.8 Å². The molecule has 5 heteroatoms. The lowest BCUT2D eigenvalue weighted by molar-refractivity contribution is -0.117. The van der Waals surface area contributed by atoms with Crippen LogP contribution in [0.3, 0.4) is 0 Å². The van der Waals surface area contributed by atoms with Crippen LogP contribution < -0.4 is 11.1 Å². The zero-order chi connectivity index (χ0) is 11.5. The highest BCUT2D eigenvalue weighted by Crippen LogP contribution is 2.11. The van der Waals surface area contributed by atoms with E-state index in [1.165, 1.54) is 0 Å². The Hall–Kier alpha value is -0.940. The molecule has 82 valence electrons. The van der Waals surface area contributed by atoms with Crippen molar-refractivity contribution in [3.63, 3.8) is 0 Å². The standard InChI is InChI=1S/C10H14BrN3O/c1-10(2,12)5-9(15)14-8-4-3-7(11)6-13-8/h3-4,6H,5,12H2,1-2H3,(H,13,14,15). The number of halogens is 1. The molecule has 0 saturated heterocycles.